The Bertz CT molecular complexity index is 900. The van der Waals surface area contributed by atoms with Crippen LogP contribution in [-0.4, -0.2) is 50.3 Å². The maximum Gasteiger partial charge on any atom is 0.254 e. The normalized spacial score (nSPS) is 18.6. The molecule has 2 aromatic carbocycles. The van der Waals surface area contributed by atoms with Crippen LogP contribution in [0.2, 0.25) is 0 Å². The molecule has 1 aliphatic heterocycles. The van der Waals surface area contributed by atoms with E-state index in [1.807, 2.05) is 30.9 Å². The molecule has 1 heterocycles. The Labute approximate surface area is 178 Å². The molecule has 1 unspecified atom stereocenters. The zero-order valence-electron chi connectivity index (χ0n) is 18.2. The van der Waals surface area contributed by atoms with Crippen molar-refractivity contribution in [2.45, 2.75) is 45.6 Å². The third-order valence-electron chi connectivity index (χ3n) is 6.09. The van der Waals surface area contributed by atoms with Gasteiger partial charge in [0.25, 0.3) is 5.91 Å². The number of aryl methyl sites for hydroxylation is 4. The molecule has 1 aliphatic carbocycles. The van der Waals surface area contributed by atoms with E-state index in [0.29, 0.717) is 31.9 Å². The van der Waals surface area contributed by atoms with Gasteiger partial charge >= 0.3 is 0 Å². The predicted octanol–water partition coefficient (Wildman–Crippen LogP) is 4.11. The lowest BCUT2D eigenvalue weighted by molar-refractivity contribution is -0.0401. The van der Waals surface area contributed by atoms with E-state index in [4.69, 9.17) is 14.2 Å². The summed E-state index contributed by atoms with van der Waals surface area (Å²) in [5.41, 5.74) is 5.50. The predicted molar refractivity (Wildman–Crippen MR) is 117 cm³/mol. The molecule has 4 rings (SSSR count). The van der Waals surface area contributed by atoms with Gasteiger partial charge in [-0.15, -0.1) is 0 Å². The zero-order valence-corrected chi connectivity index (χ0v) is 18.2. The summed E-state index contributed by atoms with van der Waals surface area (Å²) < 4.78 is 17.3. The van der Waals surface area contributed by atoms with Crippen molar-refractivity contribution in [3.63, 3.8) is 0 Å². The first-order chi connectivity index (χ1) is 14.5. The van der Waals surface area contributed by atoms with Crippen LogP contribution in [0.5, 0.6) is 11.5 Å². The molecule has 0 saturated carbocycles. The van der Waals surface area contributed by atoms with Crippen molar-refractivity contribution in [2.24, 2.45) is 0 Å². The van der Waals surface area contributed by atoms with Crippen LogP contribution in [0.1, 0.15) is 45.5 Å². The summed E-state index contributed by atoms with van der Waals surface area (Å²) in [6.07, 6.45) is 4.71. The summed E-state index contributed by atoms with van der Waals surface area (Å²) in [5.74, 6) is 1.76. The van der Waals surface area contributed by atoms with Gasteiger partial charge in [0.15, 0.2) is 0 Å². The van der Waals surface area contributed by atoms with Crippen molar-refractivity contribution < 1.29 is 19.0 Å². The number of ether oxygens (including phenoxy) is 3. The number of rotatable bonds is 5. The highest BCUT2D eigenvalue weighted by Gasteiger charge is 2.26. The van der Waals surface area contributed by atoms with Crippen molar-refractivity contribution in [3.05, 3.63) is 58.1 Å². The summed E-state index contributed by atoms with van der Waals surface area (Å²) in [6.45, 7) is 6.04. The van der Waals surface area contributed by atoms with E-state index in [-0.39, 0.29) is 12.0 Å². The summed E-state index contributed by atoms with van der Waals surface area (Å²) >= 11 is 0. The highest BCUT2D eigenvalue weighted by atomic mass is 16.5. The van der Waals surface area contributed by atoms with Crippen LogP contribution in [0.25, 0.3) is 0 Å². The van der Waals surface area contributed by atoms with Crippen LogP contribution in [0.4, 0.5) is 0 Å². The lowest BCUT2D eigenvalue weighted by Gasteiger charge is -2.33. The van der Waals surface area contributed by atoms with Crippen LogP contribution in [0.15, 0.2) is 30.3 Å². The topological polar surface area (TPSA) is 48.0 Å². The van der Waals surface area contributed by atoms with Crippen LogP contribution in [-0.2, 0) is 17.6 Å². The Kier molecular flexibility index (Phi) is 6.28. The minimum absolute atomic E-state index is 0.0333. The molecule has 1 atom stereocenters. The van der Waals surface area contributed by atoms with Crippen molar-refractivity contribution in [3.8, 4) is 11.5 Å². The van der Waals surface area contributed by atoms with E-state index >= 15 is 0 Å². The number of nitrogens with zero attached hydrogens (tertiary/aromatic N) is 1. The Morgan fingerprint density at radius 2 is 1.83 bits per heavy atom. The molecule has 1 fully saturated rings. The molecular weight excluding hydrogens is 378 g/mol. The molecule has 160 valence electrons. The number of fused-ring (bicyclic) bond motifs is 1. The number of hydrogen-bond acceptors (Lipinski definition) is 4. The summed E-state index contributed by atoms with van der Waals surface area (Å²) in [6, 6.07) is 10.2. The average Bonchev–Trinajstić information content (AvgIpc) is 2.77. The standard InChI is InChI=1S/C25H31NO4/c1-17-12-21(13-18(2)24(17)28-3)25(27)26-10-11-29-23(15-26)16-30-22-9-8-19-6-4-5-7-20(19)14-22/h8-9,12-14,23H,4-7,10-11,15-16H2,1-3H3. The SMILES string of the molecule is COc1c(C)cc(C(=O)N2CCOC(COc3ccc4c(c3)CCCC4)C2)cc1C. The van der Waals surface area contributed by atoms with E-state index in [1.165, 1.54) is 30.4 Å². The smallest absolute Gasteiger partial charge is 0.254 e. The second kappa shape index (κ2) is 9.09. The molecule has 1 saturated heterocycles. The molecule has 0 N–H and O–H groups in total. The van der Waals surface area contributed by atoms with Gasteiger partial charge in [0, 0.05) is 12.1 Å². The fraction of sp³-hybridized carbons (Fsp3) is 0.480. The molecular formula is C25H31NO4. The fourth-order valence-corrected chi connectivity index (χ4v) is 4.57. The number of morpholine rings is 1. The van der Waals surface area contributed by atoms with Gasteiger partial charge in [-0.05, 0) is 86.1 Å². The van der Waals surface area contributed by atoms with Gasteiger partial charge in [0.05, 0.1) is 20.3 Å². The number of methoxy groups -OCH3 is 1. The summed E-state index contributed by atoms with van der Waals surface area (Å²) in [4.78, 5) is 14.9. The molecule has 5 nitrogen and oxygen atoms in total. The van der Waals surface area contributed by atoms with Crippen molar-refractivity contribution in [2.75, 3.05) is 33.4 Å². The maximum absolute atomic E-state index is 13.1. The highest BCUT2D eigenvalue weighted by Crippen LogP contribution is 2.27. The minimum atomic E-state index is -0.126. The molecule has 1 amide bonds. The van der Waals surface area contributed by atoms with E-state index in [0.717, 1.165) is 29.0 Å². The number of hydrogen-bond donors (Lipinski definition) is 0. The molecule has 2 aromatic rings. The van der Waals surface area contributed by atoms with Crippen LogP contribution < -0.4 is 9.47 Å². The zero-order chi connectivity index (χ0) is 21.1. The largest absolute Gasteiger partial charge is 0.496 e. The first-order valence-corrected chi connectivity index (χ1v) is 10.9. The number of benzene rings is 2. The third-order valence-corrected chi connectivity index (χ3v) is 6.09. The average molecular weight is 410 g/mol. The molecule has 5 heteroatoms. The first kappa shape index (κ1) is 20.7. The van der Waals surface area contributed by atoms with Crippen molar-refractivity contribution in [1.29, 1.82) is 0 Å². The summed E-state index contributed by atoms with van der Waals surface area (Å²) in [7, 11) is 1.66. The minimum Gasteiger partial charge on any atom is -0.496 e. The van der Waals surface area contributed by atoms with E-state index in [9.17, 15) is 4.79 Å². The first-order valence-electron chi connectivity index (χ1n) is 10.9. The van der Waals surface area contributed by atoms with Crippen LogP contribution >= 0.6 is 0 Å². The molecule has 0 aromatic heterocycles. The number of carbonyl (C=O) groups is 1. The molecule has 0 radical (unpaired) electrons. The van der Waals surface area contributed by atoms with Gasteiger partial charge in [0.1, 0.15) is 24.2 Å². The second-order valence-electron chi connectivity index (χ2n) is 8.34. The molecule has 30 heavy (non-hydrogen) atoms. The number of amides is 1. The number of carbonyl (C=O) groups excluding carboxylic acids is 1. The second-order valence-corrected chi connectivity index (χ2v) is 8.34. The van der Waals surface area contributed by atoms with Crippen molar-refractivity contribution >= 4 is 5.91 Å². The van der Waals surface area contributed by atoms with Gasteiger partial charge in [0.2, 0.25) is 0 Å². The molecule has 0 bridgehead atoms. The summed E-state index contributed by atoms with van der Waals surface area (Å²) in [5, 5.41) is 0. The molecule has 2 aliphatic rings. The lowest BCUT2D eigenvalue weighted by Crippen LogP contribution is -2.47. The lowest BCUT2D eigenvalue weighted by atomic mass is 9.92. The van der Waals surface area contributed by atoms with E-state index < -0.39 is 0 Å². The fourth-order valence-electron chi connectivity index (χ4n) is 4.57. The third kappa shape index (κ3) is 4.46. The van der Waals surface area contributed by atoms with Crippen LogP contribution in [0.3, 0.4) is 0 Å². The van der Waals surface area contributed by atoms with E-state index in [2.05, 4.69) is 18.2 Å². The Morgan fingerprint density at radius 1 is 1.10 bits per heavy atom. The monoisotopic (exact) mass is 409 g/mol. The Hall–Kier alpha value is -2.53. The quantitative estimate of drug-likeness (QED) is 0.746. The van der Waals surface area contributed by atoms with Crippen LogP contribution in [0, 0.1) is 13.8 Å². The van der Waals surface area contributed by atoms with Crippen molar-refractivity contribution in [1.82, 2.24) is 4.90 Å². The van der Waals surface area contributed by atoms with Gasteiger partial charge in [-0.1, -0.05) is 6.07 Å². The van der Waals surface area contributed by atoms with Gasteiger partial charge in [-0.25, -0.2) is 0 Å². The maximum atomic E-state index is 13.1. The Balaban J connectivity index is 1.38. The highest BCUT2D eigenvalue weighted by molar-refractivity contribution is 5.95. The Morgan fingerprint density at radius 3 is 2.57 bits per heavy atom. The molecule has 0 spiro atoms. The van der Waals surface area contributed by atoms with E-state index in [1.54, 1.807) is 7.11 Å². The van der Waals surface area contributed by atoms with Gasteiger partial charge in [-0.3, -0.25) is 4.79 Å². The van der Waals surface area contributed by atoms with Gasteiger partial charge in [-0.2, -0.15) is 0 Å². The van der Waals surface area contributed by atoms with Gasteiger partial charge < -0.3 is 19.1 Å².